The van der Waals surface area contributed by atoms with Gasteiger partial charge in [-0.3, -0.25) is 9.88 Å². The van der Waals surface area contributed by atoms with E-state index in [0.29, 0.717) is 30.0 Å². The van der Waals surface area contributed by atoms with Gasteiger partial charge in [0.2, 0.25) is 11.7 Å². The van der Waals surface area contributed by atoms with Crippen LogP contribution in [-0.4, -0.2) is 36.5 Å². The summed E-state index contributed by atoms with van der Waals surface area (Å²) in [5.41, 5.74) is 0.623. The first kappa shape index (κ1) is 14.4. The standard InChI is InChI=1S/C15H16N6OS/c1-2-7-21(12(3-1)15-18-6-8-23-15)10-13-19-14(20-22-13)11-9-16-4-5-17-11/h4-6,8-9,12H,1-3,7,10H2. The summed E-state index contributed by atoms with van der Waals surface area (Å²) in [5, 5.41) is 7.21. The Morgan fingerprint density at radius 3 is 3.04 bits per heavy atom. The van der Waals surface area contributed by atoms with E-state index >= 15 is 0 Å². The molecule has 0 spiro atoms. The summed E-state index contributed by atoms with van der Waals surface area (Å²) in [4.78, 5) is 19.5. The van der Waals surface area contributed by atoms with Crippen LogP contribution in [0.2, 0.25) is 0 Å². The summed E-state index contributed by atoms with van der Waals surface area (Å²) in [5.74, 6) is 1.09. The summed E-state index contributed by atoms with van der Waals surface area (Å²) in [6.07, 6.45) is 10.3. The minimum atomic E-state index is 0.343. The lowest BCUT2D eigenvalue weighted by Crippen LogP contribution is -2.33. The van der Waals surface area contributed by atoms with Gasteiger partial charge in [0.05, 0.1) is 18.8 Å². The zero-order chi connectivity index (χ0) is 15.5. The van der Waals surface area contributed by atoms with E-state index in [1.54, 1.807) is 29.9 Å². The lowest BCUT2D eigenvalue weighted by atomic mass is 10.0. The van der Waals surface area contributed by atoms with E-state index in [4.69, 9.17) is 4.52 Å². The van der Waals surface area contributed by atoms with E-state index in [1.165, 1.54) is 17.8 Å². The molecule has 1 fully saturated rings. The van der Waals surface area contributed by atoms with Crippen molar-refractivity contribution in [1.29, 1.82) is 0 Å². The number of likely N-dealkylation sites (tertiary alicyclic amines) is 1. The predicted molar refractivity (Wildman–Crippen MR) is 84.4 cm³/mol. The molecule has 1 atom stereocenters. The van der Waals surface area contributed by atoms with Gasteiger partial charge in [0.25, 0.3) is 0 Å². The van der Waals surface area contributed by atoms with Gasteiger partial charge in [0.1, 0.15) is 10.7 Å². The molecule has 4 rings (SSSR count). The number of thiazole rings is 1. The van der Waals surface area contributed by atoms with Crippen LogP contribution in [0.25, 0.3) is 11.5 Å². The number of hydrogen-bond acceptors (Lipinski definition) is 8. The van der Waals surface area contributed by atoms with Crippen molar-refractivity contribution in [1.82, 2.24) is 30.0 Å². The highest BCUT2D eigenvalue weighted by Gasteiger charge is 2.27. The molecule has 3 aromatic heterocycles. The highest BCUT2D eigenvalue weighted by molar-refractivity contribution is 7.09. The number of rotatable bonds is 4. The Bertz CT molecular complexity index is 744. The molecule has 118 valence electrons. The minimum absolute atomic E-state index is 0.343. The molecule has 7 nitrogen and oxygen atoms in total. The van der Waals surface area contributed by atoms with E-state index in [9.17, 15) is 0 Å². The molecule has 23 heavy (non-hydrogen) atoms. The lowest BCUT2D eigenvalue weighted by molar-refractivity contribution is 0.123. The highest BCUT2D eigenvalue weighted by atomic mass is 32.1. The quantitative estimate of drug-likeness (QED) is 0.728. The summed E-state index contributed by atoms with van der Waals surface area (Å²) in [6.45, 7) is 1.66. The summed E-state index contributed by atoms with van der Waals surface area (Å²) >= 11 is 1.71. The zero-order valence-electron chi connectivity index (χ0n) is 12.5. The Morgan fingerprint density at radius 1 is 1.22 bits per heavy atom. The smallest absolute Gasteiger partial charge is 0.241 e. The van der Waals surface area contributed by atoms with Crippen molar-refractivity contribution in [3.05, 3.63) is 41.1 Å². The summed E-state index contributed by atoms with van der Waals surface area (Å²) in [6, 6.07) is 0.343. The Hall–Kier alpha value is -2.19. The van der Waals surface area contributed by atoms with Crippen molar-refractivity contribution < 1.29 is 4.52 Å². The van der Waals surface area contributed by atoms with E-state index in [2.05, 4.69) is 30.0 Å². The second kappa shape index (κ2) is 6.51. The molecule has 1 saturated heterocycles. The highest BCUT2D eigenvalue weighted by Crippen LogP contribution is 2.33. The molecule has 3 aromatic rings. The molecular weight excluding hydrogens is 312 g/mol. The van der Waals surface area contributed by atoms with E-state index in [-0.39, 0.29) is 0 Å². The monoisotopic (exact) mass is 328 g/mol. The number of piperidine rings is 1. The van der Waals surface area contributed by atoms with Crippen LogP contribution in [0.15, 0.2) is 34.7 Å². The summed E-state index contributed by atoms with van der Waals surface area (Å²) < 4.78 is 5.40. The molecular formula is C15H16N6OS. The van der Waals surface area contributed by atoms with Gasteiger partial charge >= 0.3 is 0 Å². The molecule has 0 amide bonds. The topological polar surface area (TPSA) is 80.8 Å². The SMILES string of the molecule is c1cnc(-c2noc(CN3CCCCC3c3nccs3)n2)cn1. The molecule has 4 heterocycles. The Morgan fingerprint density at radius 2 is 2.22 bits per heavy atom. The third kappa shape index (κ3) is 3.13. The maximum Gasteiger partial charge on any atom is 0.241 e. The van der Waals surface area contributed by atoms with Gasteiger partial charge in [0, 0.05) is 24.0 Å². The van der Waals surface area contributed by atoms with Gasteiger partial charge in [0.15, 0.2) is 0 Å². The maximum atomic E-state index is 5.40. The molecule has 0 aromatic carbocycles. The molecule has 1 unspecified atom stereocenters. The summed E-state index contributed by atoms with van der Waals surface area (Å²) in [7, 11) is 0. The van der Waals surface area contributed by atoms with Crippen molar-refractivity contribution in [2.24, 2.45) is 0 Å². The third-order valence-corrected chi connectivity index (χ3v) is 4.83. The first-order valence-electron chi connectivity index (χ1n) is 7.62. The molecule has 0 radical (unpaired) electrons. The van der Waals surface area contributed by atoms with Crippen molar-refractivity contribution in [2.75, 3.05) is 6.54 Å². The van der Waals surface area contributed by atoms with Crippen LogP contribution in [0.1, 0.15) is 36.2 Å². The Labute approximate surface area is 137 Å². The zero-order valence-corrected chi connectivity index (χ0v) is 13.3. The van der Waals surface area contributed by atoms with E-state index < -0.39 is 0 Å². The van der Waals surface area contributed by atoms with Crippen LogP contribution in [0, 0.1) is 0 Å². The normalized spacial score (nSPS) is 19.0. The number of hydrogen-bond donors (Lipinski definition) is 0. The van der Waals surface area contributed by atoms with Gasteiger partial charge in [-0.05, 0) is 19.4 Å². The van der Waals surface area contributed by atoms with Crippen LogP contribution >= 0.6 is 11.3 Å². The van der Waals surface area contributed by atoms with Crippen molar-refractivity contribution in [3.63, 3.8) is 0 Å². The maximum absolute atomic E-state index is 5.40. The average molecular weight is 328 g/mol. The van der Waals surface area contributed by atoms with Gasteiger partial charge in [-0.2, -0.15) is 4.98 Å². The third-order valence-electron chi connectivity index (χ3n) is 3.95. The first-order valence-corrected chi connectivity index (χ1v) is 8.50. The van der Waals surface area contributed by atoms with Crippen LogP contribution in [-0.2, 0) is 6.54 Å². The van der Waals surface area contributed by atoms with Crippen LogP contribution in [0.5, 0.6) is 0 Å². The Kier molecular flexibility index (Phi) is 4.08. The van der Waals surface area contributed by atoms with Crippen LogP contribution in [0.3, 0.4) is 0 Å². The molecule has 0 saturated carbocycles. The van der Waals surface area contributed by atoms with Crippen molar-refractivity contribution in [3.8, 4) is 11.5 Å². The lowest BCUT2D eigenvalue weighted by Gasteiger charge is -2.33. The first-order chi connectivity index (χ1) is 11.4. The molecule has 8 heteroatoms. The second-order valence-corrected chi connectivity index (χ2v) is 6.38. The predicted octanol–water partition coefficient (Wildman–Crippen LogP) is 2.71. The molecule has 0 N–H and O–H groups in total. The van der Waals surface area contributed by atoms with E-state index in [0.717, 1.165) is 13.0 Å². The fourth-order valence-corrected chi connectivity index (χ4v) is 3.68. The number of nitrogens with zero attached hydrogens (tertiary/aromatic N) is 6. The van der Waals surface area contributed by atoms with Crippen molar-refractivity contribution >= 4 is 11.3 Å². The van der Waals surface area contributed by atoms with Gasteiger partial charge in [-0.1, -0.05) is 11.6 Å². The Balaban J connectivity index is 1.52. The minimum Gasteiger partial charge on any atom is -0.337 e. The van der Waals surface area contributed by atoms with E-state index in [1.807, 2.05) is 11.6 Å². The molecule has 0 aliphatic carbocycles. The van der Waals surface area contributed by atoms with Crippen molar-refractivity contribution in [2.45, 2.75) is 31.8 Å². The van der Waals surface area contributed by atoms with Crippen LogP contribution < -0.4 is 0 Å². The number of aromatic nitrogens is 5. The fraction of sp³-hybridized carbons (Fsp3) is 0.400. The second-order valence-electron chi connectivity index (χ2n) is 5.45. The fourth-order valence-electron chi connectivity index (χ4n) is 2.87. The molecule has 0 bridgehead atoms. The largest absolute Gasteiger partial charge is 0.337 e. The van der Waals surface area contributed by atoms with Gasteiger partial charge in [-0.25, -0.2) is 9.97 Å². The molecule has 1 aliphatic rings. The average Bonchev–Trinajstić information content (AvgIpc) is 3.28. The molecule has 1 aliphatic heterocycles. The van der Waals surface area contributed by atoms with Gasteiger partial charge < -0.3 is 4.52 Å². The van der Waals surface area contributed by atoms with Gasteiger partial charge in [-0.15, -0.1) is 11.3 Å². The van der Waals surface area contributed by atoms with Crippen LogP contribution in [0.4, 0.5) is 0 Å².